The standard InChI is InChI=1S/C15H23FN2O/c1-3-17(4-2)13-7-8-18(10-13)15-6-5-12(11-19)9-14(15)16/h5-6,9,13,19H,3-4,7-8,10-11H2,1-2H3. The largest absolute Gasteiger partial charge is 0.392 e. The van der Waals surface area contributed by atoms with E-state index in [2.05, 4.69) is 23.6 Å². The number of nitrogens with zero attached hydrogens (tertiary/aromatic N) is 2. The molecule has 19 heavy (non-hydrogen) atoms. The van der Waals surface area contributed by atoms with E-state index in [-0.39, 0.29) is 12.4 Å². The van der Waals surface area contributed by atoms with Crippen molar-refractivity contribution in [3.05, 3.63) is 29.6 Å². The lowest BCUT2D eigenvalue weighted by Gasteiger charge is -2.26. The highest BCUT2D eigenvalue weighted by atomic mass is 19.1. The molecule has 0 saturated carbocycles. The molecule has 1 aliphatic heterocycles. The van der Waals surface area contributed by atoms with Crippen LogP contribution in [0, 0.1) is 5.82 Å². The Balaban J connectivity index is 2.08. The average Bonchev–Trinajstić information content (AvgIpc) is 2.89. The fourth-order valence-electron chi connectivity index (χ4n) is 2.90. The summed E-state index contributed by atoms with van der Waals surface area (Å²) >= 11 is 0. The molecule has 0 aromatic heterocycles. The van der Waals surface area contributed by atoms with E-state index in [0.717, 1.165) is 32.6 Å². The van der Waals surface area contributed by atoms with Crippen LogP contribution in [-0.2, 0) is 6.61 Å². The summed E-state index contributed by atoms with van der Waals surface area (Å²) in [6, 6.07) is 5.53. The van der Waals surface area contributed by atoms with Crippen molar-refractivity contribution < 1.29 is 9.50 Å². The van der Waals surface area contributed by atoms with Gasteiger partial charge in [-0.05, 0) is 37.2 Å². The van der Waals surface area contributed by atoms with Crippen LogP contribution in [0.2, 0.25) is 0 Å². The van der Waals surface area contributed by atoms with Crippen molar-refractivity contribution in [1.82, 2.24) is 4.90 Å². The second-order valence-electron chi connectivity index (χ2n) is 5.05. The number of benzene rings is 1. The van der Waals surface area contributed by atoms with Crippen molar-refractivity contribution in [2.24, 2.45) is 0 Å². The van der Waals surface area contributed by atoms with Gasteiger partial charge >= 0.3 is 0 Å². The van der Waals surface area contributed by atoms with E-state index in [1.807, 2.05) is 0 Å². The fraction of sp³-hybridized carbons (Fsp3) is 0.600. The van der Waals surface area contributed by atoms with Gasteiger partial charge in [0.15, 0.2) is 0 Å². The van der Waals surface area contributed by atoms with Gasteiger partial charge < -0.3 is 10.0 Å². The quantitative estimate of drug-likeness (QED) is 0.885. The zero-order valence-electron chi connectivity index (χ0n) is 11.8. The van der Waals surface area contributed by atoms with Crippen LogP contribution in [-0.4, -0.2) is 42.2 Å². The molecule has 1 fully saturated rings. The zero-order valence-corrected chi connectivity index (χ0v) is 11.8. The van der Waals surface area contributed by atoms with Crippen molar-refractivity contribution in [3.8, 4) is 0 Å². The molecule has 0 amide bonds. The first-order chi connectivity index (χ1) is 9.19. The molecule has 1 aromatic rings. The van der Waals surface area contributed by atoms with Crippen molar-refractivity contribution in [2.45, 2.75) is 32.9 Å². The summed E-state index contributed by atoms with van der Waals surface area (Å²) in [5, 5.41) is 9.01. The Kier molecular flexibility index (Phi) is 4.77. The molecule has 0 aliphatic carbocycles. The van der Waals surface area contributed by atoms with Crippen LogP contribution in [0.1, 0.15) is 25.8 Å². The number of anilines is 1. The number of hydrogen-bond donors (Lipinski definition) is 1. The lowest BCUT2D eigenvalue weighted by Crippen LogP contribution is -2.37. The van der Waals surface area contributed by atoms with Gasteiger partial charge in [-0.3, -0.25) is 4.90 Å². The molecule has 1 unspecified atom stereocenters. The Morgan fingerprint density at radius 2 is 2.11 bits per heavy atom. The second-order valence-corrected chi connectivity index (χ2v) is 5.05. The van der Waals surface area contributed by atoms with Crippen molar-refractivity contribution in [1.29, 1.82) is 0 Å². The van der Waals surface area contributed by atoms with Crippen molar-refractivity contribution in [2.75, 3.05) is 31.1 Å². The Morgan fingerprint density at radius 1 is 1.37 bits per heavy atom. The van der Waals surface area contributed by atoms with Crippen LogP contribution >= 0.6 is 0 Å². The van der Waals surface area contributed by atoms with Crippen LogP contribution in [0.4, 0.5) is 10.1 Å². The highest BCUT2D eigenvalue weighted by molar-refractivity contribution is 5.50. The smallest absolute Gasteiger partial charge is 0.146 e. The van der Waals surface area contributed by atoms with Gasteiger partial charge in [-0.25, -0.2) is 4.39 Å². The molecule has 4 heteroatoms. The van der Waals surface area contributed by atoms with Gasteiger partial charge in [0, 0.05) is 19.1 Å². The summed E-state index contributed by atoms with van der Waals surface area (Å²) < 4.78 is 14.0. The molecular weight excluding hydrogens is 243 g/mol. The Hall–Kier alpha value is -1.13. The first kappa shape index (κ1) is 14.3. The van der Waals surface area contributed by atoms with Gasteiger partial charge in [-0.15, -0.1) is 0 Å². The topological polar surface area (TPSA) is 26.7 Å². The molecule has 106 valence electrons. The summed E-state index contributed by atoms with van der Waals surface area (Å²) in [7, 11) is 0. The maximum atomic E-state index is 14.0. The van der Waals surface area contributed by atoms with E-state index in [9.17, 15) is 4.39 Å². The molecule has 1 saturated heterocycles. The summed E-state index contributed by atoms with van der Waals surface area (Å²) in [6.07, 6.45) is 1.09. The summed E-state index contributed by atoms with van der Waals surface area (Å²) in [5.74, 6) is -0.230. The van der Waals surface area contributed by atoms with Gasteiger partial charge in [-0.2, -0.15) is 0 Å². The molecule has 1 atom stereocenters. The molecule has 1 aromatic carbocycles. The number of halogens is 1. The molecule has 1 aliphatic rings. The minimum absolute atomic E-state index is 0.112. The van der Waals surface area contributed by atoms with Crippen LogP contribution in [0.3, 0.4) is 0 Å². The Labute approximate surface area is 114 Å². The molecular formula is C15H23FN2O. The van der Waals surface area contributed by atoms with Crippen LogP contribution in [0.15, 0.2) is 18.2 Å². The highest BCUT2D eigenvalue weighted by Crippen LogP contribution is 2.26. The fourth-order valence-corrected chi connectivity index (χ4v) is 2.90. The molecule has 0 spiro atoms. The number of aliphatic hydroxyl groups is 1. The van der Waals surface area contributed by atoms with Crippen LogP contribution in [0.5, 0.6) is 0 Å². The lowest BCUT2D eigenvalue weighted by molar-refractivity contribution is 0.232. The SMILES string of the molecule is CCN(CC)C1CCN(c2ccc(CO)cc2F)C1. The molecule has 2 rings (SSSR count). The van der Waals surface area contributed by atoms with E-state index < -0.39 is 0 Å². The van der Waals surface area contributed by atoms with E-state index >= 15 is 0 Å². The molecule has 1 N–H and O–H groups in total. The van der Waals surface area contributed by atoms with Crippen LogP contribution in [0.25, 0.3) is 0 Å². The summed E-state index contributed by atoms with van der Waals surface area (Å²) in [6.45, 7) is 8.10. The molecule has 0 bridgehead atoms. The number of rotatable bonds is 5. The van der Waals surface area contributed by atoms with Gasteiger partial charge in [-0.1, -0.05) is 19.9 Å². The molecule has 1 heterocycles. The van der Waals surface area contributed by atoms with Crippen molar-refractivity contribution >= 4 is 5.69 Å². The number of likely N-dealkylation sites (N-methyl/N-ethyl adjacent to an activating group) is 1. The van der Waals surface area contributed by atoms with Gasteiger partial charge in [0.05, 0.1) is 12.3 Å². The third kappa shape index (κ3) is 3.07. The molecule has 0 radical (unpaired) electrons. The lowest BCUT2D eigenvalue weighted by atomic mass is 10.2. The van der Waals surface area contributed by atoms with Gasteiger partial charge in [0.2, 0.25) is 0 Å². The van der Waals surface area contributed by atoms with E-state index in [1.165, 1.54) is 6.07 Å². The average molecular weight is 266 g/mol. The first-order valence-electron chi connectivity index (χ1n) is 7.07. The predicted octanol–water partition coefficient (Wildman–Crippen LogP) is 2.24. The summed E-state index contributed by atoms with van der Waals surface area (Å²) in [5.41, 5.74) is 1.28. The zero-order chi connectivity index (χ0) is 13.8. The third-order valence-electron chi connectivity index (χ3n) is 4.03. The Bertz CT molecular complexity index is 421. The summed E-state index contributed by atoms with van der Waals surface area (Å²) in [4.78, 5) is 4.54. The first-order valence-corrected chi connectivity index (χ1v) is 7.07. The third-order valence-corrected chi connectivity index (χ3v) is 4.03. The minimum atomic E-state index is -0.230. The van der Waals surface area contributed by atoms with Crippen molar-refractivity contribution in [3.63, 3.8) is 0 Å². The minimum Gasteiger partial charge on any atom is -0.392 e. The maximum absolute atomic E-state index is 14.0. The normalized spacial score (nSPS) is 19.4. The number of aliphatic hydroxyl groups excluding tert-OH is 1. The predicted molar refractivity (Wildman–Crippen MR) is 75.9 cm³/mol. The maximum Gasteiger partial charge on any atom is 0.146 e. The van der Waals surface area contributed by atoms with Gasteiger partial charge in [0.25, 0.3) is 0 Å². The van der Waals surface area contributed by atoms with E-state index in [0.29, 0.717) is 17.3 Å². The highest BCUT2D eigenvalue weighted by Gasteiger charge is 2.27. The van der Waals surface area contributed by atoms with E-state index in [1.54, 1.807) is 12.1 Å². The second kappa shape index (κ2) is 6.35. The van der Waals surface area contributed by atoms with Gasteiger partial charge in [0.1, 0.15) is 5.82 Å². The van der Waals surface area contributed by atoms with E-state index in [4.69, 9.17) is 5.11 Å². The number of hydrogen-bond acceptors (Lipinski definition) is 3. The Morgan fingerprint density at radius 3 is 2.68 bits per heavy atom. The monoisotopic (exact) mass is 266 g/mol. The molecule has 3 nitrogen and oxygen atoms in total. The van der Waals surface area contributed by atoms with Crippen LogP contribution < -0.4 is 4.90 Å².